The summed E-state index contributed by atoms with van der Waals surface area (Å²) in [5, 5.41) is 13.0. The van der Waals surface area contributed by atoms with Crippen molar-refractivity contribution in [3.8, 4) is 11.8 Å². The predicted molar refractivity (Wildman–Crippen MR) is 78.6 cm³/mol. The van der Waals surface area contributed by atoms with E-state index in [2.05, 4.69) is 11.4 Å². The average Bonchev–Trinajstić information content (AvgIpc) is 2.79. The second kappa shape index (κ2) is 6.12. The first-order valence-corrected chi connectivity index (χ1v) is 6.71. The minimum atomic E-state index is 0.535. The lowest BCUT2D eigenvalue weighted by Crippen LogP contribution is -2.04. The van der Waals surface area contributed by atoms with Crippen molar-refractivity contribution >= 4 is 22.0 Å². The molecule has 0 spiro atoms. The van der Waals surface area contributed by atoms with Gasteiger partial charge in [0.1, 0.15) is 16.7 Å². The molecule has 0 aliphatic heterocycles. The van der Waals surface area contributed by atoms with Gasteiger partial charge in [-0.25, -0.2) is 0 Å². The van der Waals surface area contributed by atoms with Gasteiger partial charge in [-0.2, -0.15) is 5.26 Å². The molecule has 0 radical (unpaired) electrons. The number of para-hydroxylation sites is 1. The van der Waals surface area contributed by atoms with Gasteiger partial charge in [0.15, 0.2) is 0 Å². The number of nitrogens with zero attached hydrogens (tertiary/aromatic N) is 1. The summed E-state index contributed by atoms with van der Waals surface area (Å²) >= 11 is 1.38. The van der Waals surface area contributed by atoms with Crippen LogP contribution in [0.25, 0.3) is 0 Å². The predicted octanol–water partition coefficient (Wildman–Crippen LogP) is 2.87. The fourth-order valence-electron chi connectivity index (χ4n) is 1.81. The Hall–Kier alpha value is -2.19. The first-order chi connectivity index (χ1) is 9.24. The van der Waals surface area contributed by atoms with Crippen LogP contribution in [0.4, 0.5) is 10.7 Å². The molecule has 0 amide bonds. The number of ether oxygens (including phenoxy) is 1. The Labute approximate surface area is 116 Å². The fourth-order valence-corrected chi connectivity index (χ4v) is 2.61. The van der Waals surface area contributed by atoms with Gasteiger partial charge < -0.3 is 15.8 Å². The van der Waals surface area contributed by atoms with Gasteiger partial charge in [0, 0.05) is 6.54 Å². The van der Waals surface area contributed by atoms with E-state index in [4.69, 9.17) is 15.7 Å². The van der Waals surface area contributed by atoms with Crippen LogP contribution in [0.2, 0.25) is 0 Å². The molecule has 0 saturated heterocycles. The van der Waals surface area contributed by atoms with Gasteiger partial charge in [-0.05, 0) is 24.1 Å². The minimum absolute atomic E-state index is 0.535. The van der Waals surface area contributed by atoms with Crippen molar-refractivity contribution in [3.63, 3.8) is 0 Å². The molecule has 98 valence electrons. The van der Waals surface area contributed by atoms with E-state index in [1.807, 2.05) is 24.3 Å². The van der Waals surface area contributed by atoms with Gasteiger partial charge in [0.2, 0.25) is 0 Å². The summed E-state index contributed by atoms with van der Waals surface area (Å²) in [4.78, 5) is 0.555. The molecule has 2 rings (SSSR count). The number of benzene rings is 1. The molecule has 3 N–H and O–H groups in total. The van der Waals surface area contributed by atoms with Gasteiger partial charge in [-0.3, -0.25) is 0 Å². The third-order valence-electron chi connectivity index (χ3n) is 2.75. The summed E-state index contributed by atoms with van der Waals surface area (Å²) in [7, 11) is 1.67. The molecule has 0 aliphatic rings. The van der Waals surface area contributed by atoms with Crippen molar-refractivity contribution in [3.05, 3.63) is 40.8 Å². The lowest BCUT2D eigenvalue weighted by Gasteiger charge is -2.08. The van der Waals surface area contributed by atoms with Crippen LogP contribution in [-0.2, 0) is 6.42 Å². The zero-order valence-electron chi connectivity index (χ0n) is 10.6. The van der Waals surface area contributed by atoms with E-state index in [1.165, 1.54) is 11.3 Å². The number of nitrogens with one attached hydrogen (secondary N) is 1. The summed E-state index contributed by atoms with van der Waals surface area (Å²) < 4.78 is 5.30. The van der Waals surface area contributed by atoms with E-state index < -0.39 is 0 Å². The van der Waals surface area contributed by atoms with Crippen molar-refractivity contribution in [2.45, 2.75) is 6.42 Å². The summed E-state index contributed by atoms with van der Waals surface area (Å²) in [6.07, 6.45) is 0.851. The molecule has 0 unspecified atom stereocenters. The van der Waals surface area contributed by atoms with Crippen LogP contribution in [-0.4, -0.2) is 13.7 Å². The summed E-state index contributed by atoms with van der Waals surface area (Å²) in [5.74, 6) is 0.896. The van der Waals surface area contributed by atoms with Gasteiger partial charge in [0.25, 0.3) is 0 Å². The Morgan fingerprint density at radius 1 is 1.42 bits per heavy atom. The molecule has 19 heavy (non-hydrogen) atoms. The summed E-state index contributed by atoms with van der Waals surface area (Å²) in [6, 6.07) is 11.8. The molecule has 1 aromatic heterocycles. The molecule has 1 aromatic carbocycles. The van der Waals surface area contributed by atoms with E-state index in [0.29, 0.717) is 10.6 Å². The van der Waals surface area contributed by atoms with Crippen LogP contribution in [0.1, 0.15) is 10.4 Å². The van der Waals surface area contributed by atoms with Crippen molar-refractivity contribution in [1.29, 1.82) is 5.26 Å². The quantitative estimate of drug-likeness (QED) is 0.878. The minimum Gasteiger partial charge on any atom is -0.496 e. The van der Waals surface area contributed by atoms with E-state index in [9.17, 15) is 0 Å². The summed E-state index contributed by atoms with van der Waals surface area (Å²) in [6.45, 7) is 0.769. The average molecular weight is 273 g/mol. The lowest BCUT2D eigenvalue weighted by atomic mass is 10.1. The molecule has 0 aliphatic carbocycles. The zero-order valence-corrected chi connectivity index (χ0v) is 11.5. The standard InChI is InChI=1S/C14H15N3OS/c1-18-12-5-3-2-4-10(12)6-7-17-14-8-11(16)13(9-15)19-14/h2-5,8,17H,6-7,16H2,1H3. The Balaban J connectivity index is 1.94. The van der Waals surface area contributed by atoms with E-state index in [-0.39, 0.29) is 0 Å². The molecule has 0 fully saturated rings. The Kier molecular flexibility index (Phi) is 4.26. The second-order valence-electron chi connectivity index (χ2n) is 4.00. The lowest BCUT2D eigenvalue weighted by molar-refractivity contribution is 0.410. The second-order valence-corrected chi connectivity index (χ2v) is 5.05. The molecule has 4 nitrogen and oxygen atoms in total. The number of rotatable bonds is 5. The van der Waals surface area contributed by atoms with Crippen molar-refractivity contribution in [1.82, 2.24) is 0 Å². The van der Waals surface area contributed by atoms with Crippen LogP contribution in [0.3, 0.4) is 0 Å². The van der Waals surface area contributed by atoms with E-state index in [1.54, 1.807) is 13.2 Å². The molecule has 0 saturated carbocycles. The molecule has 1 heterocycles. The van der Waals surface area contributed by atoms with Crippen molar-refractivity contribution in [2.75, 3.05) is 24.7 Å². The maximum absolute atomic E-state index is 8.84. The Bertz CT molecular complexity index is 601. The maximum atomic E-state index is 8.84. The number of nitrogen functional groups attached to an aromatic ring is 1. The largest absolute Gasteiger partial charge is 0.496 e. The normalized spacial score (nSPS) is 9.89. The Morgan fingerprint density at radius 3 is 2.89 bits per heavy atom. The third-order valence-corrected chi connectivity index (χ3v) is 3.76. The van der Waals surface area contributed by atoms with Gasteiger partial charge in [-0.1, -0.05) is 18.2 Å². The number of nitrogens with two attached hydrogens (primary N) is 1. The maximum Gasteiger partial charge on any atom is 0.129 e. The summed E-state index contributed by atoms with van der Waals surface area (Å²) in [5.41, 5.74) is 7.40. The van der Waals surface area contributed by atoms with Gasteiger partial charge in [-0.15, -0.1) is 11.3 Å². The highest BCUT2D eigenvalue weighted by molar-refractivity contribution is 7.17. The molecular formula is C14H15N3OS. The number of thiophene rings is 1. The molecule has 0 bridgehead atoms. The molecular weight excluding hydrogens is 258 g/mol. The van der Waals surface area contributed by atoms with Crippen LogP contribution in [0.5, 0.6) is 5.75 Å². The highest BCUT2D eigenvalue weighted by Crippen LogP contribution is 2.28. The fraction of sp³-hybridized carbons (Fsp3) is 0.214. The van der Waals surface area contributed by atoms with E-state index in [0.717, 1.165) is 29.3 Å². The van der Waals surface area contributed by atoms with Crippen LogP contribution < -0.4 is 15.8 Å². The van der Waals surface area contributed by atoms with Crippen molar-refractivity contribution in [2.24, 2.45) is 0 Å². The highest BCUT2D eigenvalue weighted by Gasteiger charge is 2.06. The number of methoxy groups -OCH3 is 1. The topological polar surface area (TPSA) is 71.1 Å². The first kappa shape index (κ1) is 13.2. The zero-order chi connectivity index (χ0) is 13.7. The SMILES string of the molecule is COc1ccccc1CCNc1cc(N)c(C#N)s1. The van der Waals surface area contributed by atoms with Crippen LogP contribution in [0, 0.1) is 11.3 Å². The third kappa shape index (κ3) is 3.18. The van der Waals surface area contributed by atoms with Gasteiger partial charge in [0.05, 0.1) is 17.8 Å². The molecule has 0 atom stereocenters. The Morgan fingerprint density at radius 2 is 2.21 bits per heavy atom. The van der Waals surface area contributed by atoms with Crippen molar-refractivity contribution < 1.29 is 4.74 Å². The van der Waals surface area contributed by atoms with Crippen LogP contribution in [0.15, 0.2) is 30.3 Å². The first-order valence-electron chi connectivity index (χ1n) is 5.89. The number of nitriles is 1. The van der Waals surface area contributed by atoms with E-state index >= 15 is 0 Å². The molecule has 5 heteroatoms. The highest BCUT2D eigenvalue weighted by atomic mass is 32.1. The monoisotopic (exact) mass is 273 g/mol. The number of hydrogen-bond donors (Lipinski definition) is 2. The number of anilines is 2. The molecule has 2 aromatic rings. The van der Waals surface area contributed by atoms with Gasteiger partial charge >= 0.3 is 0 Å². The van der Waals surface area contributed by atoms with Crippen LogP contribution >= 0.6 is 11.3 Å². The number of hydrogen-bond acceptors (Lipinski definition) is 5. The smallest absolute Gasteiger partial charge is 0.129 e.